The summed E-state index contributed by atoms with van der Waals surface area (Å²) in [6.07, 6.45) is -6.76. The number of carbonyl (C=O) groups excluding carboxylic acids is 2. The van der Waals surface area contributed by atoms with E-state index in [2.05, 4.69) is 5.32 Å². The van der Waals surface area contributed by atoms with Crippen LogP contribution in [0.4, 0.5) is 18.0 Å². The van der Waals surface area contributed by atoms with Crippen LogP contribution in [0.15, 0.2) is 48.5 Å². The smallest absolute Gasteiger partial charge is 0.417 e. The Kier molecular flexibility index (Phi) is 8.03. The number of hydrogen-bond acceptors (Lipinski definition) is 4. The fourth-order valence-corrected chi connectivity index (χ4v) is 4.16. The summed E-state index contributed by atoms with van der Waals surface area (Å²) in [6, 6.07) is 12.2. The Hall–Kier alpha value is -3.56. The Labute approximate surface area is 200 Å². The van der Waals surface area contributed by atoms with Gasteiger partial charge in [0.1, 0.15) is 6.61 Å². The first-order valence-electron chi connectivity index (χ1n) is 11.2. The first-order chi connectivity index (χ1) is 16.5. The molecule has 2 atom stereocenters. The summed E-state index contributed by atoms with van der Waals surface area (Å²) in [4.78, 5) is 35.5. The first kappa shape index (κ1) is 26.1. The highest BCUT2D eigenvalue weighted by Gasteiger charge is 2.46. The van der Waals surface area contributed by atoms with Crippen LogP contribution in [0.1, 0.15) is 37.3 Å². The molecule has 0 saturated carbocycles. The number of hydrogen-bond donors (Lipinski definition) is 3. The number of carboxylic acids is 1. The van der Waals surface area contributed by atoms with Crippen molar-refractivity contribution >= 4 is 18.0 Å². The van der Waals surface area contributed by atoms with Gasteiger partial charge in [-0.2, -0.15) is 13.2 Å². The molecule has 0 heterocycles. The maximum absolute atomic E-state index is 13.5. The van der Waals surface area contributed by atoms with E-state index in [1.165, 1.54) is 0 Å². The Bertz CT molecular complexity index is 1040. The number of benzene rings is 2. The lowest BCUT2D eigenvalue weighted by Crippen LogP contribution is -2.55. The number of carbonyl (C=O) groups is 3. The molecule has 1 aliphatic rings. The third-order valence-corrected chi connectivity index (χ3v) is 6.11. The maximum Gasteiger partial charge on any atom is 0.417 e. The fraction of sp³-hybridized carbons (Fsp3) is 0.400. The van der Waals surface area contributed by atoms with Crippen molar-refractivity contribution in [2.24, 2.45) is 11.8 Å². The molecule has 0 aromatic heterocycles. The zero-order valence-electron chi connectivity index (χ0n) is 19.3. The second-order valence-corrected chi connectivity index (χ2v) is 8.79. The number of amides is 2. The average Bonchev–Trinajstić information content (AvgIpc) is 3.11. The molecular formula is C25H27F3N2O5. The van der Waals surface area contributed by atoms with Crippen LogP contribution in [-0.2, 0) is 14.3 Å². The number of halogens is 3. The maximum atomic E-state index is 13.5. The van der Waals surface area contributed by atoms with Gasteiger partial charge in [-0.15, -0.1) is 0 Å². The molecule has 3 N–H and O–H groups in total. The lowest BCUT2D eigenvalue weighted by atomic mass is 9.92. The topological polar surface area (TPSA) is 105 Å². The predicted molar refractivity (Wildman–Crippen MR) is 122 cm³/mol. The molecule has 188 valence electrons. The van der Waals surface area contributed by atoms with Gasteiger partial charge in [0.15, 0.2) is 0 Å². The molecule has 2 aromatic carbocycles. The van der Waals surface area contributed by atoms with Crippen molar-refractivity contribution in [3.63, 3.8) is 0 Å². The molecule has 2 amide bonds. The molecule has 0 radical (unpaired) electrons. The zero-order valence-corrected chi connectivity index (χ0v) is 19.3. The Morgan fingerprint density at radius 2 is 1.54 bits per heavy atom. The Balaban J connectivity index is 1.64. The molecule has 10 heteroatoms. The van der Waals surface area contributed by atoms with Crippen molar-refractivity contribution in [3.05, 3.63) is 59.7 Å². The molecule has 35 heavy (non-hydrogen) atoms. The summed E-state index contributed by atoms with van der Waals surface area (Å²) in [5.41, 5.74) is 3.71. The number of fused-ring (bicyclic) bond motifs is 3. The van der Waals surface area contributed by atoms with Crippen LogP contribution in [0.3, 0.4) is 0 Å². The van der Waals surface area contributed by atoms with Gasteiger partial charge in [-0.25, -0.2) is 4.79 Å². The van der Waals surface area contributed by atoms with Gasteiger partial charge in [-0.3, -0.25) is 9.59 Å². The average molecular weight is 492 g/mol. The van der Waals surface area contributed by atoms with Gasteiger partial charge in [-0.1, -0.05) is 62.4 Å². The van der Waals surface area contributed by atoms with Crippen LogP contribution in [-0.4, -0.2) is 48.4 Å². The number of aliphatic carboxylic acids is 1. The lowest BCUT2D eigenvalue weighted by Gasteiger charge is -2.24. The van der Waals surface area contributed by atoms with Gasteiger partial charge in [0, 0.05) is 12.5 Å². The molecule has 0 spiro atoms. The van der Waals surface area contributed by atoms with Crippen LogP contribution in [0.25, 0.3) is 11.1 Å². The minimum Gasteiger partial charge on any atom is -0.481 e. The molecular weight excluding hydrogens is 465 g/mol. The van der Waals surface area contributed by atoms with E-state index < -0.39 is 36.1 Å². The summed E-state index contributed by atoms with van der Waals surface area (Å²) < 4.78 is 45.7. The van der Waals surface area contributed by atoms with Gasteiger partial charge in [0.25, 0.3) is 5.91 Å². The highest BCUT2D eigenvalue weighted by atomic mass is 19.4. The summed E-state index contributed by atoms with van der Waals surface area (Å²) in [5.74, 6) is -3.72. The standard InChI is InChI=1S/C25H27F3N2O5/c1-14(2)15(11-21(31)32)12-29-23(33)22(25(26,27)28)30-24(34)35-13-20-18-9-5-3-7-16(18)17-8-4-6-10-19(17)20/h3-10,14-15,20,22H,11-13H2,1-2H3,(H,29,33)(H,30,34)(H,31,32). The molecule has 7 nitrogen and oxygen atoms in total. The molecule has 2 unspecified atom stereocenters. The van der Waals surface area contributed by atoms with Crippen molar-refractivity contribution in [2.45, 2.75) is 38.4 Å². The SMILES string of the molecule is CC(C)C(CNC(=O)C(NC(=O)OCC1c2ccccc2-c2ccccc21)C(F)(F)F)CC(=O)O. The highest BCUT2D eigenvalue weighted by molar-refractivity contribution is 5.86. The van der Waals surface area contributed by atoms with Crippen LogP contribution < -0.4 is 10.6 Å². The molecule has 0 aliphatic heterocycles. The van der Waals surface area contributed by atoms with Gasteiger partial charge in [0.05, 0.1) is 6.42 Å². The van der Waals surface area contributed by atoms with E-state index in [9.17, 15) is 27.6 Å². The largest absolute Gasteiger partial charge is 0.481 e. The molecule has 0 saturated heterocycles. The minimum absolute atomic E-state index is 0.189. The van der Waals surface area contributed by atoms with E-state index in [0.29, 0.717) is 0 Å². The second kappa shape index (κ2) is 10.8. The number of nitrogens with one attached hydrogen (secondary N) is 2. The van der Waals surface area contributed by atoms with Gasteiger partial charge in [-0.05, 0) is 34.1 Å². The van der Waals surface area contributed by atoms with E-state index in [-0.39, 0.29) is 31.4 Å². The van der Waals surface area contributed by atoms with Crippen LogP contribution >= 0.6 is 0 Å². The summed E-state index contributed by atoms with van der Waals surface area (Å²) in [7, 11) is 0. The summed E-state index contributed by atoms with van der Waals surface area (Å²) in [5, 5.41) is 12.7. The number of alkyl halides is 3. The van der Waals surface area contributed by atoms with Gasteiger partial charge < -0.3 is 20.5 Å². The quantitative estimate of drug-likeness (QED) is 0.484. The number of ether oxygens (including phenoxy) is 1. The van der Waals surface area contributed by atoms with Crippen molar-refractivity contribution in [1.82, 2.24) is 10.6 Å². The van der Waals surface area contributed by atoms with Crippen molar-refractivity contribution in [3.8, 4) is 11.1 Å². The Morgan fingerprint density at radius 3 is 2.03 bits per heavy atom. The monoisotopic (exact) mass is 492 g/mol. The van der Waals surface area contributed by atoms with Crippen LogP contribution in [0.2, 0.25) is 0 Å². The summed E-state index contributed by atoms with van der Waals surface area (Å²) in [6.45, 7) is 2.92. The third kappa shape index (κ3) is 6.32. The van der Waals surface area contributed by atoms with E-state index in [1.807, 2.05) is 48.5 Å². The first-order valence-corrected chi connectivity index (χ1v) is 11.2. The second-order valence-electron chi connectivity index (χ2n) is 8.79. The number of carboxylic acid groups (broad SMARTS) is 1. The third-order valence-electron chi connectivity index (χ3n) is 6.11. The minimum atomic E-state index is -5.07. The fourth-order valence-electron chi connectivity index (χ4n) is 4.16. The highest BCUT2D eigenvalue weighted by Crippen LogP contribution is 2.44. The predicted octanol–water partition coefficient (Wildman–Crippen LogP) is 4.32. The lowest BCUT2D eigenvalue weighted by molar-refractivity contribution is -0.167. The van der Waals surface area contributed by atoms with E-state index in [4.69, 9.17) is 9.84 Å². The van der Waals surface area contributed by atoms with Crippen molar-refractivity contribution in [1.29, 1.82) is 0 Å². The van der Waals surface area contributed by atoms with E-state index in [1.54, 1.807) is 19.2 Å². The zero-order chi connectivity index (χ0) is 25.8. The van der Waals surface area contributed by atoms with E-state index >= 15 is 0 Å². The summed E-state index contributed by atoms with van der Waals surface area (Å²) >= 11 is 0. The molecule has 0 fully saturated rings. The molecule has 0 bridgehead atoms. The normalized spacial score (nSPS) is 14.6. The molecule has 2 aromatic rings. The van der Waals surface area contributed by atoms with Gasteiger partial charge in [0.2, 0.25) is 6.04 Å². The van der Waals surface area contributed by atoms with E-state index in [0.717, 1.165) is 22.3 Å². The number of rotatable bonds is 9. The van der Waals surface area contributed by atoms with Crippen molar-refractivity contribution < 1.29 is 37.4 Å². The van der Waals surface area contributed by atoms with Gasteiger partial charge >= 0.3 is 18.2 Å². The molecule has 1 aliphatic carbocycles. The molecule has 3 rings (SSSR count). The van der Waals surface area contributed by atoms with Crippen LogP contribution in [0.5, 0.6) is 0 Å². The van der Waals surface area contributed by atoms with Crippen molar-refractivity contribution in [2.75, 3.05) is 13.2 Å². The van der Waals surface area contributed by atoms with Crippen LogP contribution in [0, 0.1) is 11.8 Å². The Morgan fingerprint density at radius 1 is 1.00 bits per heavy atom. The number of alkyl carbamates (subject to hydrolysis) is 1.